The number of hydrogen-bond donors (Lipinski definition) is 0. The Labute approximate surface area is 141 Å². The first-order valence-electron chi connectivity index (χ1n) is 7.74. The summed E-state index contributed by atoms with van der Waals surface area (Å²) in [6, 6.07) is 15.1. The Hall–Kier alpha value is -3.31. The molecular weight excluding hydrogens is 300 g/mol. The van der Waals surface area contributed by atoms with E-state index in [-0.39, 0.29) is 5.91 Å². The molecule has 1 aliphatic rings. The molecule has 1 aromatic heterocycles. The van der Waals surface area contributed by atoms with Crippen LogP contribution in [0.15, 0.2) is 48.7 Å². The lowest BCUT2D eigenvalue weighted by Gasteiger charge is -2.34. The van der Waals surface area contributed by atoms with Crippen LogP contribution in [0.5, 0.6) is 0 Å². The van der Waals surface area contributed by atoms with Gasteiger partial charge >= 0.3 is 0 Å². The Morgan fingerprint density at radius 3 is 2.50 bits per heavy atom. The van der Waals surface area contributed by atoms with Crippen molar-refractivity contribution in [3.05, 3.63) is 59.8 Å². The Morgan fingerprint density at radius 2 is 1.79 bits per heavy atom. The maximum atomic E-state index is 12.2. The second kappa shape index (κ2) is 7.30. The molecule has 1 fully saturated rings. The number of pyridine rings is 1. The van der Waals surface area contributed by atoms with Gasteiger partial charge in [0, 0.05) is 43.9 Å². The van der Waals surface area contributed by atoms with E-state index in [9.17, 15) is 4.79 Å². The van der Waals surface area contributed by atoms with E-state index in [4.69, 9.17) is 5.26 Å². The van der Waals surface area contributed by atoms with Gasteiger partial charge in [-0.05, 0) is 24.3 Å². The summed E-state index contributed by atoms with van der Waals surface area (Å²) < 4.78 is 0. The molecule has 5 nitrogen and oxygen atoms in total. The summed E-state index contributed by atoms with van der Waals surface area (Å²) in [5, 5.41) is 9.17. The second-order valence-electron chi connectivity index (χ2n) is 5.38. The number of benzene rings is 1. The molecule has 1 saturated heterocycles. The normalized spacial score (nSPS) is 13.6. The SMILES string of the molecule is N#Cc1cccnc1N1CCN(C(=O)C#Cc2ccccc2)CC1. The van der Waals surface area contributed by atoms with Gasteiger partial charge in [-0.1, -0.05) is 24.1 Å². The highest BCUT2D eigenvalue weighted by molar-refractivity contribution is 5.94. The maximum absolute atomic E-state index is 12.2. The van der Waals surface area contributed by atoms with E-state index in [1.54, 1.807) is 23.2 Å². The average Bonchev–Trinajstić information content (AvgIpc) is 2.67. The highest BCUT2D eigenvalue weighted by Crippen LogP contribution is 2.17. The first kappa shape index (κ1) is 15.6. The van der Waals surface area contributed by atoms with Crippen LogP contribution in [0.3, 0.4) is 0 Å². The van der Waals surface area contributed by atoms with Crippen LogP contribution in [0.4, 0.5) is 5.82 Å². The average molecular weight is 316 g/mol. The summed E-state index contributed by atoms with van der Waals surface area (Å²) in [5.41, 5.74) is 1.39. The van der Waals surface area contributed by atoms with Gasteiger partial charge in [-0.3, -0.25) is 4.79 Å². The van der Waals surface area contributed by atoms with E-state index < -0.39 is 0 Å². The largest absolute Gasteiger partial charge is 0.352 e. The van der Waals surface area contributed by atoms with Crippen LogP contribution in [0, 0.1) is 23.2 Å². The number of amides is 1. The van der Waals surface area contributed by atoms with Crippen molar-refractivity contribution in [1.29, 1.82) is 5.26 Å². The van der Waals surface area contributed by atoms with Crippen LogP contribution in [-0.4, -0.2) is 42.0 Å². The van der Waals surface area contributed by atoms with Gasteiger partial charge in [-0.15, -0.1) is 0 Å². The van der Waals surface area contributed by atoms with E-state index in [0.717, 1.165) is 5.56 Å². The van der Waals surface area contributed by atoms with Crippen LogP contribution in [0.25, 0.3) is 0 Å². The van der Waals surface area contributed by atoms with Crippen molar-refractivity contribution in [2.24, 2.45) is 0 Å². The number of anilines is 1. The van der Waals surface area contributed by atoms with Crippen molar-refractivity contribution in [3.8, 4) is 17.9 Å². The van der Waals surface area contributed by atoms with E-state index in [1.165, 1.54) is 0 Å². The third-order valence-electron chi connectivity index (χ3n) is 3.86. The van der Waals surface area contributed by atoms with Crippen molar-refractivity contribution < 1.29 is 4.79 Å². The lowest BCUT2D eigenvalue weighted by Crippen LogP contribution is -2.48. The zero-order valence-corrected chi connectivity index (χ0v) is 13.1. The lowest BCUT2D eigenvalue weighted by atomic mass is 10.2. The molecule has 118 valence electrons. The fourth-order valence-corrected chi connectivity index (χ4v) is 2.58. The van der Waals surface area contributed by atoms with E-state index in [1.807, 2.05) is 35.2 Å². The van der Waals surface area contributed by atoms with Crippen LogP contribution >= 0.6 is 0 Å². The molecule has 2 heterocycles. The molecule has 1 aromatic carbocycles. The Bertz CT molecular complexity index is 822. The van der Waals surface area contributed by atoms with Crippen molar-refractivity contribution in [2.75, 3.05) is 31.1 Å². The van der Waals surface area contributed by atoms with Crippen molar-refractivity contribution in [3.63, 3.8) is 0 Å². The summed E-state index contributed by atoms with van der Waals surface area (Å²) in [7, 11) is 0. The number of hydrogen-bond acceptors (Lipinski definition) is 4. The predicted octanol–water partition coefficient (Wildman–Crippen LogP) is 1.65. The molecule has 0 unspecified atom stereocenters. The summed E-state index contributed by atoms with van der Waals surface area (Å²) in [6.07, 6.45) is 1.68. The highest BCUT2D eigenvalue weighted by atomic mass is 16.2. The zero-order chi connectivity index (χ0) is 16.8. The molecule has 0 spiro atoms. The quantitative estimate of drug-likeness (QED) is 0.751. The first-order valence-corrected chi connectivity index (χ1v) is 7.74. The topological polar surface area (TPSA) is 60.2 Å². The number of nitriles is 1. The Morgan fingerprint density at radius 1 is 1.04 bits per heavy atom. The number of carbonyl (C=O) groups is 1. The van der Waals surface area contributed by atoms with Crippen molar-refractivity contribution in [1.82, 2.24) is 9.88 Å². The summed E-state index contributed by atoms with van der Waals surface area (Å²) in [6.45, 7) is 2.43. The third kappa shape index (κ3) is 3.53. The molecular formula is C19H16N4O. The second-order valence-corrected chi connectivity index (χ2v) is 5.38. The van der Waals surface area contributed by atoms with Crippen LogP contribution in [-0.2, 0) is 4.79 Å². The van der Waals surface area contributed by atoms with Gasteiger partial charge < -0.3 is 9.80 Å². The fourth-order valence-electron chi connectivity index (χ4n) is 2.58. The van der Waals surface area contributed by atoms with Crippen LogP contribution in [0.2, 0.25) is 0 Å². The molecule has 3 rings (SSSR count). The van der Waals surface area contributed by atoms with Gasteiger partial charge in [0.15, 0.2) is 0 Å². The third-order valence-corrected chi connectivity index (χ3v) is 3.86. The van der Waals surface area contributed by atoms with Gasteiger partial charge in [0.2, 0.25) is 0 Å². The Balaban J connectivity index is 1.62. The minimum absolute atomic E-state index is 0.167. The number of carbonyl (C=O) groups excluding carboxylic acids is 1. The minimum atomic E-state index is -0.167. The molecule has 24 heavy (non-hydrogen) atoms. The molecule has 0 saturated carbocycles. The Kier molecular flexibility index (Phi) is 4.74. The van der Waals surface area contributed by atoms with E-state index >= 15 is 0 Å². The molecule has 1 amide bonds. The lowest BCUT2D eigenvalue weighted by molar-refractivity contribution is -0.125. The molecule has 0 N–H and O–H groups in total. The van der Waals surface area contributed by atoms with Gasteiger partial charge in [-0.25, -0.2) is 4.98 Å². The smallest absolute Gasteiger partial charge is 0.298 e. The molecule has 1 aliphatic heterocycles. The van der Waals surface area contributed by atoms with Crippen LogP contribution in [0.1, 0.15) is 11.1 Å². The fraction of sp³-hybridized carbons (Fsp3) is 0.211. The standard InChI is InChI=1S/C19H16N4O/c20-15-17-7-4-10-21-19(17)23-13-11-22(12-14-23)18(24)9-8-16-5-2-1-3-6-16/h1-7,10H,11-14H2. The molecule has 2 aromatic rings. The first-order chi connectivity index (χ1) is 11.8. The summed E-state index contributed by atoms with van der Waals surface area (Å²) in [5.74, 6) is 6.11. The summed E-state index contributed by atoms with van der Waals surface area (Å²) >= 11 is 0. The number of aromatic nitrogens is 1. The van der Waals surface area contributed by atoms with Crippen LogP contribution < -0.4 is 4.90 Å². The van der Waals surface area contributed by atoms with E-state index in [2.05, 4.69) is 22.9 Å². The number of nitrogens with zero attached hydrogens (tertiary/aromatic N) is 4. The number of piperazine rings is 1. The van der Waals surface area contributed by atoms with Gasteiger partial charge in [0.25, 0.3) is 5.91 Å². The zero-order valence-electron chi connectivity index (χ0n) is 13.1. The molecule has 0 aliphatic carbocycles. The summed E-state index contributed by atoms with van der Waals surface area (Å²) in [4.78, 5) is 20.3. The molecule has 0 atom stereocenters. The number of rotatable bonds is 1. The minimum Gasteiger partial charge on any atom is -0.352 e. The predicted molar refractivity (Wildman–Crippen MR) is 91.1 cm³/mol. The maximum Gasteiger partial charge on any atom is 0.298 e. The molecule has 0 bridgehead atoms. The van der Waals surface area contributed by atoms with Gasteiger partial charge in [0.05, 0.1) is 5.56 Å². The highest BCUT2D eigenvalue weighted by Gasteiger charge is 2.22. The van der Waals surface area contributed by atoms with Gasteiger partial charge in [0.1, 0.15) is 11.9 Å². The van der Waals surface area contributed by atoms with Crippen molar-refractivity contribution >= 4 is 11.7 Å². The monoisotopic (exact) mass is 316 g/mol. The molecule has 5 heteroatoms. The van der Waals surface area contributed by atoms with Crippen molar-refractivity contribution in [2.45, 2.75) is 0 Å². The van der Waals surface area contributed by atoms with Gasteiger partial charge in [-0.2, -0.15) is 5.26 Å². The van der Waals surface area contributed by atoms with E-state index in [0.29, 0.717) is 37.6 Å². The molecule has 0 radical (unpaired) electrons.